The highest BCUT2D eigenvalue weighted by Gasteiger charge is 2.08. The molecule has 2 aromatic carbocycles. The summed E-state index contributed by atoms with van der Waals surface area (Å²) >= 11 is 0. The topological polar surface area (TPSA) is 69.4 Å². The van der Waals surface area contributed by atoms with E-state index in [-0.39, 0.29) is 11.8 Å². The first-order valence-electron chi connectivity index (χ1n) is 6.95. The molecule has 0 aliphatic carbocycles. The lowest BCUT2D eigenvalue weighted by Gasteiger charge is -2.03. The van der Waals surface area contributed by atoms with Crippen LogP contribution in [-0.4, -0.2) is 18.4 Å². The van der Waals surface area contributed by atoms with Crippen molar-refractivity contribution < 1.29 is 14.3 Å². The lowest BCUT2D eigenvalue weighted by Crippen LogP contribution is -2.02. The van der Waals surface area contributed by atoms with Crippen molar-refractivity contribution in [3.63, 3.8) is 0 Å². The fraction of sp³-hybridized carbons (Fsp3) is 0.111. The SMILES string of the molecule is CCOC(=O)C=Cc1ccc(C(=O)c2cccc(N)c2)cc1. The van der Waals surface area contributed by atoms with Crippen LogP contribution in [0.2, 0.25) is 0 Å². The molecule has 112 valence electrons. The van der Waals surface area contributed by atoms with Crippen molar-refractivity contribution in [3.8, 4) is 0 Å². The molecular formula is C18H17NO3. The van der Waals surface area contributed by atoms with Crippen molar-refractivity contribution in [2.45, 2.75) is 6.92 Å². The summed E-state index contributed by atoms with van der Waals surface area (Å²) in [6.45, 7) is 2.10. The van der Waals surface area contributed by atoms with E-state index in [4.69, 9.17) is 10.5 Å². The van der Waals surface area contributed by atoms with E-state index in [1.165, 1.54) is 6.08 Å². The zero-order valence-electron chi connectivity index (χ0n) is 12.3. The van der Waals surface area contributed by atoms with Crippen molar-refractivity contribution in [1.82, 2.24) is 0 Å². The highest BCUT2D eigenvalue weighted by Crippen LogP contribution is 2.14. The Bertz CT molecular complexity index is 703. The molecule has 0 heterocycles. The standard InChI is InChI=1S/C18H17NO3/c1-2-22-17(20)11-8-13-6-9-14(10-7-13)18(21)15-4-3-5-16(19)12-15/h3-12H,2,19H2,1H3. The van der Waals surface area contributed by atoms with E-state index < -0.39 is 0 Å². The monoisotopic (exact) mass is 295 g/mol. The average Bonchev–Trinajstić information content (AvgIpc) is 2.53. The summed E-state index contributed by atoms with van der Waals surface area (Å²) in [7, 11) is 0. The van der Waals surface area contributed by atoms with Gasteiger partial charge in [-0.2, -0.15) is 0 Å². The molecule has 0 aliphatic heterocycles. The molecule has 4 heteroatoms. The molecule has 0 aromatic heterocycles. The first kappa shape index (κ1) is 15.5. The Balaban J connectivity index is 2.12. The zero-order chi connectivity index (χ0) is 15.9. The summed E-state index contributed by atoms with van der Waals surface area (Å²) in [5.41, 5.74) is 8.18. The van der Waals surface area contributed by atoms with Gasteiger partial charge in [0, 0.05) is 22.9 Å². The van der Waals surface area contributed by atoms with Crippen molar-refractivity contribution in [2.24, 2.45) is 0 Å². The van der Waals surface area contributed by atoms with Crippen molar-refractivity contribution in [2.75, 3.05) is 12.3 Å². The first-order chi connectivity index (χ1) is 10.6. The summed E-state index contributed by atoms with van der Waals surface area (Å²) in [6.07, 6.45) is 3.00. The van der Waals surface area contributed by atoms with Gasteiger partial charge in [0.25, 0.3) is 0 Å². The predicted octanol–water partition coefficient (Wildman–Crippen LogP) is 3.08. The van der Waals surface area contributed by atoms with Crippen LogP contribution in [0.15, 0.2) is 54.6 Å². The van der Waals surface area contributed by atoms with Crippen LogP contribution in [0.5, 0.6) is 0 Å². The predicted molar refractivity (Wildman–Crippen MR) is 86.4 cm³/mol. The minimum Gasteiger partial charge on any atom is -0.463 e. The van der Waals surface area contributed by atoms with E-state index in [1.54, 1.807) is 61.5 Å². The summed E-state index contributed by atoms with van der Waals surface area (Å²) in [5.74, 6) is -0.476. The van der Waals surface area contributed by atoms with Gasteiger partial charge in [0.2, 0.25) is 0 Å². The van der Waals surface area contributed by atoms with E-state index in [0.717, 1.165) is 5.56 Å². The summed E-state index contributed by atoms with van der Waals surface area (Å²) in [5, 5.41) is 0. The number of ether oxygens (including phenoxy) is 1. The highest BCUT2D eigenvalue weighted by atomic mass is 16.5. The van der Waals surface area contributed by atoms with Crippen molar-refractivity contribution >= 4 is 23.5 Å². The van der Waals surface area contributed by atoms with Crippen LogP contribution in [0.25, 0.3) is 6.08 Å². The van der Waals surface area contributed by atoms with Gasteiger partial charge in [-0.3, -0.25) is 4.79 Å². The smallest absolute Gasteiger partial charge is 0.330 e. The van der Waals surface area contributed by atoms with Crippen LogP contribution in [0.1, 0.15) is 28.4 Å². The number of esters is 1. The van der Waals surface area contributed by atoms with E-state index >= 15 is 0 Å². The number of carbonyl (C=O) groups excluding carboxylic acids is 2. The largest absolute Gasteiger partial charge is 0.463 e. The number of rotatable bonds is 5. The molecule has 0 saturated heterocycles. The molecule has 0 fully saturated rings. The van der Waals surface area contributed by atoms with Crippen LogP contribution in [0.4, 0.5) is 5.69 Å². The second-order valence-corrected chi connectivity index (χ2v) is 4.66. The summed E-state index contributed by atoms with van der Waals surface area (Å²) < 4.78 is 4.80. The van der Waals surface area contributed by atoms with Gasteiger partial charge in [-0.15, -0.1) is 0 Å². The van der Waals surface area contributed by atoms with Crippen molar-refractivity contribution in [1.29, 1.82) is 0 Å². The van der Waals surface area contributed by atoms with Crippen LogP contribution >= 0.6 is 0 Å². The molecule has 2 rings (SSSR count). The number of hydrogen-bond donors (Lipinski definition) is 1. The van der Waals surface area contributed by atoms with Crippen LogP contribution < -0.4 is 5.73 Å². The molecule has 2 N–H and O–H groups in total. The third-order valence-electron chi connectivity index (χ3n) is 3.02. The quantitative estimate of drug-likeness (QED) is 0.398. The van der Waals surface area contributed by atoms with Crippen LogP contribution in [-0.2, 0) is 9.53 Å². The van der Waals surface area contributed by atoms with E-state index in [2.05, 4.69) is 0 Å². The summed E-state index contributed by atoms with van der Waals surface area (Å²) in [4.78, 5) is 23.5. The molecule has 0 atom stereocenters. The lowest BCUT2D eigenvalue weighted by atomic mass is 10.0. The molecule has 4 nitrogen and oxygen atoms in total. The minimum atomic E-state index is -0.387. The van der Waals surface area contributed by atoms with Gasteiger partial charge in [-0.05, 0) is 30.7 Å². The zero-order valence-corrected chi connectivity index (χ0v) is 12.3. The molecule has 0 saturated carbocycles. The Hall–Kier alpha value is -2.88. The second-order valence-electron chi connectivity index (χ2n) is 4.66. The molecule has 0 spiro atoms. The van der Waals surface area contributed by atoms with E-state index in [9.17, 15) is 9.59 Å². The molecular weight excluding hydrogens is 278 g/mol. The Kier molecular flexibility index (Phi) is 5.09. The summed E-state index contributed by atoms with van der Waals surface area (Å²) in [6, 6.07) is 13.8. The maximum absolute atomic E-state index is 12.3. The van der Waals surface area contributed by atoms with Gasteiger partial charge in [0.15, 0.2) is 5.78 Å². The van der Waals surface area contributed by atoms with Gasteiger partial charge >= 0.3 is 5.97 Å². The van der Waals surface area contributed by atoms with Gasteiger partial charge in [-0.25, -0.2) is 4.79 Å². The number of ketones is 1. The Morgan fingerprint density at radius 1 is 1.09 bits per heavy atom. The maximum atomic E-state index is 12.3. The number of nitrogens with two attached hydrogens (primary N) is 1. The second kappa shape index (κ2) is 7.22. The fourth-order valence-corrected chi connectivity index (χ4v) is 1.95. The Morgan fingerprint density at radius 3 is 2.45 bits per heavy atom. The van der Waals surface area contributed by atoms with Gasteiger partial charge < -0.3 is 10.5 Å². The normalized spacial score (nSPS) is 10.6. The van der Waals surface area contributed by atoms with Crippen molar-refractivity contribution in [3.05, 3.63) is 71.3 Å². The molecule has 22 heavy (non-hydrogen) atoms. The highest BCUT2D eigenvalue weighted by molar-refractivity contribution is 6.09. The molecule has 2 aromatic rings. The maximum Gasteiger partial charge on any atom is 0.330 e. The van der Waals surface area contributed by atoms with Gasteiger partial charge in [0.05, 0.1) is 6.61 Å². The third-order valence-corrected chi connectivity index (χ3v) is 3.02. The average molecular weight is 295 g/mol. The Morgan fingerprint density at radius 2 is 1.82 bits per heavy atom. The molecule has 0 amide bonds. The van der Waals surface area contributed by atoms with E-state index in [1.807, 2.05) is 0 Å². The van der Waals surface area contributed by atoms with Crippen LogP contribution in [0.3, 0.4) is 0 Å². The number of hydrogen-bond acceptors (Lipinski definition) is 4. The number of carbonyl (C=O) groups is 2. The van der Waals surface area contributed by atoms with Gasteiger partial charge in [-0.1, -0.05) is 36.4 Å². The third kappa shape index (κ3) is 4.06. The van der Waals surface area contributed by atoms with Gasteiger partial charge in [0.1, 0.15) is 0 Å². The fourth-order valence-electron chi connectivity index (χ4n) is 1.95. The van der Waals surface area contributed by atoms with E-state index in [0.29, 0.717) is 23.4 Å². The lowest BCUT2D eigenvalue weighted by molar-refractivity contribution is -0.137. The molecule has 0 unspecified atom stereocenters. The van der Waals surface area contributed by atoms with Crippen LogP contribution in [0, 0.1) is 0 Å². The molecule has 0 radical (unpaired) electrons. The molecule has 0 bridgehead atoms. The minimum absolute atomic E-state index is 0.0896. The number of nitrogen functional groups attached to an aromatic ring is 1. The number of benzene rings is 2. The Labute approximate surface area is 129 Å². The molecule has 0 aliphatic rings. The first-order valence-corrected chi connectivity index (χ1v) is 6.95. The number of anilines is 1.